The van der Waals surface area contributed by atoms with Crippen molar-refractivity contribution >= 4 is 23.0 Å². The molecule has 0 unspecified atom stereocenters. The first-order valence-electron chi connectivity index (χ1n) is 6.94. The number of azo groups is 1. The van der Waals surface area contributed by atoms with Gasteiger partial charge in [-0.1, -0.05) is 18.2 Å². The lowest BCUT2D eigenvalue weighted by atomic mass is 10.2. The topological polar surface area (TPSA) is 86.1 Å². The molecule has 1 N–H and O–H groups in total. The van der Waals surface area contributed by atoms with Crippen LogP contribution in [0.15, 0.2) is 45.7 Å². The van der Waals surface area contributed by atoms with Gasteiger partial charge in [0.05, 0.1) is 22.8 Å². The van der Waals surface area contributed by atoms with Crippen molar-refractivity contribution in [2.24, 2.45) is 15.3 Å². The molecular formula is C15H16N6O. The lowest BCUT2D eigenvalue weighted by Gasteiger charge is -2.11. The van der Waals surface area contributed by atoms with E-state index in [4.69, 9.17) is 0 Å². The maximum absolute atomic E-state index is 12.5. The maximum atomic E-state index is 12.5. The van der Waals surface area contributed by atoms with E-state index in [-0.39, 0.29) is 5.91 Å². The van der Waals surface area contributed by atoms with E-state index in [1.807, 2.05) is 44.2 Å². The molecule has 3 rings (SSSR count). The highest BCUT2D eigenvalue weighted by Gasteiger charge is 2.34. The molecule has 1 aromatic heterocycles. The summed E-state index contributed by atoms with van der Waals surface area (Å²) in [4.78, 5) is 12.5. The predicted octanol–water partition coefficient (Wildman–Crippen LogP) is 2.90. The Morgan fingerprint density at radius 2 is 1.91 bits per heavy atom. The number of hydrogen-bond acceptors (Lipinski definition) is 5. The molecule has 0 fully saturated rings. The van der Waals surface area contributed by atoms with Crippen molar-refractivity contribution in [1.29, 1.82) is 0 Å². The monoisotopic (exact) mass is 296 g/mol. The summed E-state index contributed by atoms with van der Waals surface area (Å²) in [7, 11) is 0. The van der Waals surface area contributed by atoms with Gasteiger partial charge in [-0.3, -0.25) is 9.89 Å². The Morgan fingerprint density at radius 3 is 2.55 bits per heavy atom. The number of H-pyrrole nitrogens is 1. The molecule has 112 valence electrons. The van der Waals surface area contributed by atoms with Gasteiger partial charge in [0.1, 0.15) is 5.69 Å². The number of para-hydroxylation sites is 1. The lowest BCUT2D eigenvalue weighted by Crippen LogP contribution is -2.29. The second-order valence-electron chi connectivity index (χ2n) is 5.13. The first-order valence-corrected chi connectivity index (χ1v) is 6.94. The summed E-state index contributed by atoms with van der Waals surface area (Å²) in [5.41, 5.74) is 3.58. The van der Waals surface area contributed by atoms with Crippen molar-refractivity contribution in [3.05, 3.63) is 41.7 Å². The van der Waals surface area contributed by atoms with Crippen molar-refractivity contribution in [2.45, 2.75) is 26.8 Å². The molecule has 22 heavy (non-hydrogen) atoms. The zero-order chi connectivity index (χ0) is 15.7. The van der Waals surface area contributed by atoms with Gasteiger partial charge in [0, 0.05) is 0 Å². The summed E-state index contributed by atoms with van der Waals surface area (Å²) in [6.45, 7) is 5.48. The van der Waals surface area contributed by atoms with Gasteiger partial charge in [0.25, 0.3) is 5.91 Å². The standard InChI is InChI=1S/C15H16N6O/c1-9-13(10(2)17-16-9)18-19-14-11(3)20-21(15(14)22)12-7-5-4-6-8-12/h4-8,14H,1-3H3,(H,16,17)/t14-/m1/s1. The maximum Gasteiger partial charge on any atom is 0.280 e. The fourth-order valence-corrected chi connectivity index (χ4v) is 2.25. The molecule has 2 heterocycles. The van der Waals surface area contributed by atoms with Crippen molar-refractivity contribution in [3.63, 3.8) is 0 Å². The van der Waals surface area contributed by atoms with E-state index < -0.39 is 6.04 Å². The fraction of sp³-hybridized carbons (Fsp3) is 0.267. The lowest BCUT2D eigenvalue weighted by molar-refractivity contribution is -0.117. The van der Waals surface area contributed by atoms with E-state index in [9.17, 15) is 4.79 Å². The zero-order valence-electron chi connectivity index (χ0n) is 12.6. The van der Waals surface area contributed by atoms with Crippen LogP contribution in [-0.4, -0.2) is 27.9 Å². The van der Waals surface area contributed by atoms with Gasteiger partial charge in [-0.25, -0.2) is 0 Å². The number of nitrogens with one attached hydrogen (secondary N) is 1. The minimum absolute atomic E-state index is 0.203. The SMILES string of the molecule is CC1=NN(c2ccccc2)C(=O)[C@@H]1N=Nc1c(C)n[nH]c1C. The molecule has 1 amide bonds. The van der Waals surface area contributed by atoms with E-state index >= 15 is 0 Å². The number of amides is 1. The molecule has 1 atom stereocenters. The molecule has 0 radical (unpaired) electrons. The number of hydrogen-bond donors (Lipinski definition) is 1. The Morgan fingerprint density at radius 1 is 1.18 bits per heavy atom. The summed E-state index contributed by atoms with van der Waals surface area (Å²) in [6.07, 6.45) is 0. The Bertz CT molecular complexity index is 742. The van der Waals surface area contributed by atoms with Crippen molar-refractivity contribution in [1.82, 2.24) is 10.2 Å². The summed E-state index contributed by atoms with van der Waals surface area (Å²) in [5.74, 6) is -0.203. The van der Waals surface area contributed by atoms with Crippen LogP contribution < -0.4 is 5.01 Å². The quantitative estimate of drug-likeness (QED) is 0.883. The van der Waals surface area contributed by atoms with Gasteiger partial charge < -0.3 is 0 Å². The second-order valence-corrected chi connectivity index (χ2v) is 5.13. The first kappa shape index (κ1) is 14.1. The van der Waals surface area contributed by atoms with Crippen LogP contribution in [0, 0.1) is 13.8 Å². The van der Waals surface area contributed by atoms with Gasteiger partial charge >= 0.3 is 0 Å². The highest BCUT2D eigenvalue weighted by atomic mass is 16.2. The highest BCUT2D eigenvalue weighted by molar-refractivity contribution is 6.18. The number of rotatable bonds is 3. The molecule has 7 nitrogen and oxygen atoms in total. The van der Waals surface area contributed by atoms with Crippen molar-refractivity contribution in [3.8, 4) is 0 Å². The average molecular weight is 296 g/mol. The van der Waals surface area contributed by atoms with Crippen LogP contribution in [0.1, 0.15) is 18.3 Å². The second kappa shape index (κ2) is 5.51. The summed E-state index contributed by atoms with van der Waals surface area (Å²) < 4.78 is 0. The Labute approximate surface area is 127 Å². The van der Waals surface area contributed by atoms with Crippen molar-refractivity contribution < 1.29 is 4.79 Å². The normalized spacial score (nSPS) is 18.3. The van der Waals surface area contributed by atoms with Gasteiger partial charge in [0.15, 0.2) is 6.04 Å². The van der Waals surface area contributed by atoms with Gasteiger partial charge in [-0.15, -0.1) is 0 Å². The van der Waals surface area contributed by atoms with Crippen LogP contribution in [0.4, 0.5) is 11.4 Å². The van der Waals surface area contributed by atoms with Crippen LogP contribution in [-0.2, 0) is 4.79 Å². The average Bonchev–Trinajstić information content (AvgIpc) is 2.99. The highest BCUT2D eigenvalue weighted by Crippen LogP contribution is 2.25. The number of nitrogens with zero attached hydrogens (tertiary/aromatic N) is 5. The number of carbonyl (C=O) groups excluding carboxylic acids is 1. The molecule has 0 saturated carbocycles. The van der Waals surface area contributed by atoms with Crippen molar-refractivity contribution in [2.75, 3.05) is 5.01 Å². The third-order valence-electron chi connectivity index (χ3n) is 3.46. The molecule has 0 saturated heterocycles. The number of anilines is 1. The third kappa shape index (κ3) is 2.41. The smallest absolute Gasteiger partial charge is 0.280 e. The Hall–Kier alpha value is -2.83. The fourth-order valence-electron chi connectivity index (χ4n) is 2.25. The molecule has 2 aromatic rings. The van der Waals surface area contributed by atoms with Crippen LogP contribution >= 0.6 is 0 Å². The zero-order valence-corrected chi connectivity index (χ0v) is 12.6. The Balaban J connectivity index is 1.85. The third-order valence-corrected chi connectivity index (χ3v) is 3.46. The van der Waals surface area contributed by atoms with Crippen LogP contribution in [0.3, 0.4) is 0 Å². The number of aryl methyl sites for hydroxylation is 2. The number of aromatic amines is 1. The van der Waals surface area contributed by atoms with Gasteiger partial charge in [-0.05, 0) is 32.9 Å². The number of hydrazone groups is 1. The van der Waals surface area contributed by atoms with E-state index in [1.54, 1.807) is 6.92 Å². The predicted molar refractivity (Wildman–Crippen MR) is 83.4 cm³/mol. The molecular weight excluding hydrogens is 280 g/mol. The van der Waals surface area contributed by atoms with E-state index in [0.717, 1.165) is 17.1 Å². The molecule has 0 aliphatic carbocycles. The number of benzene rings is 1. The van der Waals surface area contributed by atoms with Crippen LogP contribution in [0.25, 0.3) is 0 Å². The minimum atomic E-state index is -0.686. The Kier molecular flexibility index (Phi) is 3.54. The van der Waals surface area contributed by atoms with E-state index in [1.165, 1.54) is 5.01 Å². The minimum Gasteiger partial charge on any atom is -0.280 e. The summed E-state index contributed by atoms with van der Waals surface area (Å²) in [5, 5.41) is 20.9. The molecule has 0 spiro atoms. The van der Waals surface area contributed by atoms with E-state index in [2.05, 4.69) is 25.5 Å². The summed E-state index contributed by atoms with van der Waals surface area (Å²) in [6, 6.07) is 8.59. The van der Waals surface area contributed by atoms with Gasteiger partial charge in [-0.2, -0.15) is 25.4 Å². The van der Waals surface area contributed by atoms with Gasteiger partial charge in [0.2, 0.25) is 0 Å². The molecule has 1 aliphatic heterocycles. The first-order chi connectivity index (χ1) is 10.6. The number of aromatic nitrogens is 2. The van der Waals surface area contributed by atoms with Crippen LogP contribution in [0.5, 0.6) is 0 Å². The largest absolute Gasteiger partial charge is 0.280 e. The van der Waals surface area contributed by atoms with Crippen LogP contribution in [0.2, 0.25) is 0 Å². The number of carbonyl (C=O) groups is 1. The molecule has 7 heteroatoms. The molecule has 1 aromatic carbocycles. The molecule has 0 bridgehead atoms. The summed E-state index contributed by atoms with van der Waals surface area (Å²) >= 11 is 0. The molecule has 1 aliphatic rings. The van der Waals surface area contributed by atoms with E-state index in [0.29, 0.717) is 11.4 Å².